The quantitative estimate of drug-likeness (QED) is 0.268. The Morgan fingerprint density at radius 1 is 1.46 bits per heavy atom. The molecule has 2 saturated heterocycles. The van der Waals surface area contributed by atoms with Crippen LogP contribution in [0.1, 0.15) is 0 Å². The Balaban J connectivity index is 1.62. The molecule has 0 bridgehead atoms. The van der Waals surface area contributed by atoms with Crippen molar-refractivity contribution in [1.82, 2.24) is 10.2 Å². The molecule has 0 aromatic heterocycles. The van der Waals surface area contributed by atoms with Crippen LogP contribution < -0.4 is 11.1 Å². The van der Waals surface area contributed by atoms with Crippen molar-refractivity contribution in [1.29, 1.82) is 0 Å². The Hall–Kier alpha value is -1.08. The number of amides is 1. The monoisotopic (exact) mass is 425 g/mol. The number of halogens is 1. The van der Waals surface area contributed by atoms with E-state index in [1.54, 1.807) is 0 Å². The number of hydrogen-bond donors (Lipinski definition) is 4. The third-order valence-corrected chi connectivity index (χ3v) is 5.66. The number of ether oxygens (including phenoxy) is 1. The van der Waals surface area contributed by atoms with Gasteiger partial charge in [-0.1, -0.05) is 0 Å². The smallest absolute Gasteiger partial charge is 0.386 e. The molecule has 5 N–H and O–H groups in total. The number of nitrogens with zero attached hydrogens (tertiary/aromatic N) is 3. The molecule has 24 heavy (non-hydrogen) atoms. The molecule has 4 aliphatic heterocycles. The average molecular weight is 426 g/mol. The van der Waals surface area contributed by atoms with Gasteiger partial charge in [-0.3, -0.25) is 24.1 Å². The van der Waals surface area contributed by atoms with Crippen LogP contribution in [0.25, 0.3) is 0 Å². The van der Waals surface area contributed by atoms with Crippen molar-refractivity contribution in [2.24, 2.45) is 15.7 Å². The number of phosphoric ester groups is 1. The van der Waals surface area contributed by atoms with Crippen LogP contribution in [-0.2, 0) is 23.1 Å². The number of phosphoric acid groups is 1. The summed E-state index contributed by atoms with van der Waals surface area (Å²) in [5.41, 5.74) is 5.58. The number of amidine groups is 1. The van der Waals surface area contributed by atoms with Crippen molar-refractivity contribution in [3.63, 3.8) is 0 Å². The molecule has 0 aromatic carbocycles. The second-order valence-corrected chi connectivity index (χ2v) is 7.67. The van der Waals surface area contributed by atoms with Crippen molar-refractivity contribution in [2.75, 3.05) is 6.61 Å². The predicted octanol–water partition coefficient (Wildman–Crippen LogP) is -2.21. The molecule has 0 aromatic rings. The van der Waals surface area contributed by atoms with Crippen molar-refractivity contribution in [3.8, 4) is 0 Å². The van der Waals surface area contributed by atoms with Gasteiger partial charge in [0.2, 0.25) is 0 Å². The van der Waals surface area contributed by atoms with Crippen LogP contribution >= 0.6 is 23.8 Å². The zero-order valence-corrected chi connectivity index (χ0v) is 14.3. The molecule has 2 fully saturated rings. The number of rotatable bonds is 1. The first-order valence-electron chi connectivity index (χ1n) is 6.92. The minimum atomic E-state index is -4.23. The van der Waals surface area contributed by atoms with E-state index in [2.05, 4.69) is 35.8 Å². The Morgan fingerprint density at radius 2 is 2.21 bits per heavy atom. The summed E-state index contributed by atoms with van der Waals surface area (Å²) >= 11 is 3.22. The van der Waals surface area contributed by atoms with Crippen molar-refractivity contribution < 1.29 is 33.1 Å². The maximum absolute atomic E-state index is 12.0. The molecular weight excluding hydrogens is 413 g/mol. The first-order valence-corrected chi connectivity index (χ1v) is 9.21. The van der Waals surface area contributed by atoms with Gasteiger partial charge in [-0.2, -0.15) is 0 Å². The minimum Gasteiger partial charge on any atom is -0.386 e. The van der Waals surface area contributed by atoms with Gasteiger partial charge in [-0.15, -0.1) is 0 Å². The molecule has 14 heteroatoms. The summed E-state index contributed by atoms with van der Waals surface area (Å²) in [4.78, 5) is 31.1. The Bertz CT molecular complexity index is 703. The van der Waals surface area contributed by atoms with E-state index >= 15 is 0 Å². The Labute approximate surface area is 143 Å². The number of aliphatic hydroxyl groups is 1. The average Bonchev–Trinajstić information content (AvgIpc) is 2.96. The van der Waals surface area contributed by atoms with E-state index in [1.807, 2.05) is 0 Å². The highest BCUT2D eigenvalue weighted by atomic mass is 79.9. The zero-order valence-electron chi connectivity index (χ0n) is 11.9. The normalized spacial score (nSPS) is 47.6. The van der Waals surface area contributed by atoms with Crippen molar-refractivity contribution in [2.45, 2.75) is 36.7 Å². The number of nitrogens with two attached hydrogens (primary N) is 1. The summed E-state index contributed by atoms with van der Waals surface area (Å²) in [5, 5.41) is 12.9. The SMILES string of the molecule is NC1=NC2C(N=C(Br)N2C2O[C@H]3COP(=O)(O)O[C@@H]3[C@@H]2O)C(=O)N1. The summed E-state index contributed by atoms with van der Waals surface area (Å²) < 4.78 is 27.1. The molecule has 4 unspecified atom stereocenters. The molecule has 0 radical (unpaired) electrons. The lowest BCUT2D eigenvalue weighted by atomic mass is 10.1. The number of aliphatic hydroxyl groups excluding tert-OH is 1. The van der Waals surface area contributed by atoms with Crippen LogP contribution in [0.3, 0.4) is 0 Å². The number of carbonyl (C=O) groups is 1. The maximum Gasteiger partial charge on any atom is 0.472 e. The lowest BCUT2D eigenvalue weighted by molar-refractivity contribution is -0.124. The summed E-state index contributed by atoms with van der Waals surface area (Å²) in [5.74, 6) is -0.510. The van der Waals surface area contributed by atoms with Gasteiger partial charge in [0.1, 0.15) is 18.3 Å². The van der Waals surface area contributed by atoms with E-state index in [1.165, 1.54) is 4.90 Å². The van der Waals surface area contributed by atoms with Crippen LogP contribution in [0.2, 0.25) is 0 Å². The number of aliphatic imine (C=N–C) groups is 2. The van der Waals surface area contributed by atoms with Crippen LogP contribution in [0.15, 0.2) is 9.98 Å². The lowest BCUT2D eigenvalue weighted by Gasteiger charge is -2.33. The molecule has 12 nitrogen and oxygen atoms in total. The van der Waals surface area contributed by atoms with E-state index in [9.17, 15) is 19.4 Å². The van der Waals surface area contributed by atoms with Gasteiger partial charge in [0.25, 0.3) is 5.91 Å². The molecular formula is C10H13BrN5O7P. The fraction of sp³-hybridized carbons (Fsp3) is 0.700. The number of carbonyl (C=O) groups excluding carboxylic acids is 1. The minimum absolute atomic E-state index is 0.0759. The van der Waals surface area contributed by atoms with E-state index in [4.69, 9.17) is 15.0 Å². The topological polar surface area (TPSA) is 168 Å². The van der Waals surface area contributed by atoms with Gasteiger partial charge in [0.15, 0.2) is 29.1 Å². The van der Waals surface area contributed by atoms with Gasteiger partial charge in [0, 0.05) is 0 Å². The van der Waals surface area contributed by atoms with Crippen LogP contribution in [0.5, 0.6) is 0 Å². The predicted molar refractivity (Wildman–Crippen MR) is 80.9 cm³/mol. The first-order chi connectivity index (χ1) is 11.3. The van der Waals surface area contributed by atoms with Gasteiger partial charge >= 0.3 is 7.82 Å². The van der Waals surface area contributed by atoms with E-state index < -0.39 is 50.5 Å². The zero-order chi connectivity index (χ0) is 17.2. The molecule has 4 heterocycles. The first kappa shape index (κ1) is 16.4. The van der Waals surface area contributed by atoms with Gasteiger partial charge in [0.05, 0.1) is 6.61 Å². The number of guanidine groups is 1. The largest absolute Gasteiger partial charge is 0.472 e. The molecule has 0 aliphatic carbocycles. The highest BCUT2D eigenvalue weighted by molar-refractivity contribution is 9.18. The molecule has 132 valence electrons. The second-order valence-electron chi connectivity index (χ2n) is 5.56. The van der Waals surface area contributed by atoms with Crippen LogP contribution in [0.4, 0.5) is 0 Å². The van der Waals surface area contributed by atoms with Gasteiger partial charge < -0.3 is 20.5 Å². The number of hydrogen-bond acceptors (Lipinski definition) is 10. The summed E-state index contributed by atoms with van der Waals surface area (Å²) in [6, 6.07) is -0.855. The molecule has 0 saturated carbocycles. The van der Waals surface area contributed by atoms with Crippen LogP contribution in [0, 0.1) is 0 Å². The summed E-state index contributed by atoms with van der Waals surface area (Å²) in [7, 11) is -4.23. The highest BCUT2D eigenvalue weighted by Crippen LogP contribution is 2.51. The third-order valence-electron chi connectivity index (χ3n) is 4.06. The summed E-state index contributed by atoms with van der Waals surface area (Å²) in [6.45, 7) is -0.214. The van der Waals surface area contributed by atoms with Crippen molar-refractivity contribution in [3.05, 3.63) is 0 Å². The third kappa shape index (κ3) is 2.47. The van der Waals surface area contributed by atoms with Crippen LogP contribution in [-0.4, -0.2) is 74.9 Å². The second kappa shape index (κ2) is 5.46. The van der Waals surface area contributed by atoms with E-state index in [0.717, 1.165) is 0 Å². The maximum atomic E-state index is 12.0. The highest BCUT2D eigenvalue weighted by Gasteiger charge is 2.57. The number of fused-ring (bicyclic) bond motifs is 2. The standard InChI is InChI=1S/C10H13BrN5O7P/c11-9-13-3-6(14-10(12)15-7(3)18)16(9)8-4(17)5-2(22-8)1-21-24(19,20)23-5/h2-6,8,17H,1H2,(H,19,20)(H3,12,14,15,18)/t2-,3?,4-,5-,6?,8?/m0/s1. The van der Waals surface area contributed by atoms with Gasteiger partial charge in [-0.25, -0.2) is 14.5 Å². The molecule has 4 aliphatic rings. The van der Waals surface area contributed by atoms with Gasteiger partial charge in [-0.05, 0) is 15.9 Å². The fourth-order valence-electron chi connectivity index (χ4n) is 3.03. The van der Waals surface area contributed by atoms with Crippen molar-refractivity contribution >= 4 is 40.4 Å². The van der Waals surface area contributed by atoms with E-state index in [0.29, 0.717) is 0 Å². The lowest BCUT2D eigenvalue weighted by Crippen LogP contribution is -2.57. The molecule has 4 rings (SSSR count). The van der Waals surface area contributed by atoms with E-state index in [-0.39, 0.29) is 17.3 Å². The fourth-order valence-corrected chi connectivity index (χ4v) is 4.63. The summed E-state index contributed by atoms with van der Waals surface area (Å²) in [6.07, 6.45) is -4.93. The number of nitrogens with one attached hydrogen (secondary N) is 1. The Morgan fingerprint density at radius 3 is 2.96 bits per heavy atom. The molecule has 1 amide bonds. The molecule has 7 atom stereocenters. The molecule has 0 spiro atoms. The Kier molecular flexibility index (Phi) is 3.73.